The molecule has 10 aliphatic rings. The molecule has 0 aromatic heterocycles. The lowest BCUT2D eigenvalue weighted by Gasteiger charge is -2.08. The van der Waals surface area contributed by atoms with Crippen molar-refractivity contribution < 1.29 is 4.79 Å². The summed E-state index contributed by atoms with van der Waals surface area (Å²) in [6.45, 7) is 0. The molecule has 0 unspecified atom stereocenters. The van der Waals surface area contributed by atoms with E-state index in [1.54, 1.807) is 0 Å². The maximum absolute atomic E-state index is 13.1. The lowest BCUT2D eigenvalue weighted by molar-refractivity contribution is 0.103. The minimum Gasteiger partial charge on any atom is -0.289 e. The van der Waals surface area contributed by atoms with Gasteiger partial charge in [-0.2, -0.15) is 0 Å². The highest BCUT2D eigenvalue weighted by Crippen LogP contribution is 2.31. The fourth-order valence-corrected chi connectivity index (χ4v) is 5.22. The van der Waals surface area contributed by atoms with E-state index in [0.717, 1.165) is 22.3 Å². The normalized spacial score (nSPS) is 11.7. The van der Waals surface area contributed by atoms with Crippen LogP contribution in [0.4, 0.5) is 0 Å². The number of benzene rings is 6. The van der Waals surface area contributed by atoms with Crippen molar-refractivity contribution in [3.63, 3.8) is 0 Å². The van der Waals surface area contributed by atoms with Gasteiger partial charge in [0.15, 0.2) is 5.78 Å². The predicted octanol–water partition coefficient (Wildman–Crippen LogP) is 9.57. The van der Waals surface area contributed by atoms with Gasteiger partial charge in [0.05, 0.1) is 0 Å². The lowest BCUT2D eigenvalue weighted by Crippen LogP contribution is -2.00. The molecule has 6 aromatic rings. The van der Waals surface area contributed by atoms with E-state index in [4.69, 9.17) is 0 Å². The Morgan fingerprint density at radius 2 is 0.289 bits per heavy atom. The average molecular weight is 485 g/mol. The topological polar surface area (TPSA) is 17.1 Å². The molecule has 0 aliphatic heterocycles. The average Bonchev–Trinajstić information content (AvgIpc) is 3.01. The highest BCUT2D eigenvalue weighted by atomic mass is 16.1. The highest BCUT2D eigenvalue weighted by Gasteiger charge is 2.11. The fraction of sp³-hybridized carbons (Fsp3) is 0. The monoisotopic (exact) mass is 484 g/mol. The number of hydrogen-bond donors (Lipinski definition) is 0. The van der Waals surface area contributed by atoms with Crippen LogP contribution in [0.1, 0.15) is 15.9 Å². The van der Waals surface area contributed by atoms with Crippen LogP contribution in [0, 0.1) is 0 Å². The van der Waals surface area contributed by atoms with Crippen LogP contribution >= 0.6 is 0 Å². The van der Waals surface area contributed by atoms with Gasteiger partial charge in [-0.15, -0.1) is 0 Å². The van der Waals surface area contributed by atoms with Gasteiger partial charge in [0.2, 0.25) is 0 Å². The van der Waals surface area contributed by atoms with Crippen molar-refractivity contribution in [1.82, 2.24) is 0 Å². The van der Waals surface area contributed by atoms with E-state index in [9.17, 15) is 4.79 Å². The first-order valence-electron chi connectivity index (χ1n) is 12.9. The van der Waals surface area contributed by atoms with Crippen LogP contribution in [-0.4, -0.2) is 5.78 Å². The van der Waals surface area contributed by atoms with Crippen molar-refractivity contribution in [1.29, 1.82) is 0 Å². The van der Waals surface area contributed by atoms with Crippen molar-refractivity contribution in [2.24, 2.45) is 0 Å². The smallest absolute Gasteiger partial charge is 0.193 e. The summed E-state index contributed by atoms with van der Waals surface area (Å²) in [7, 11) is 0. The second-order valence-electron chi connectivity index (χ2n) is 9.79. The second kappa shape index (κ2) is 9.14. The minimum atomic E-state index is 0.0335. The molecule has 10 aliphatic carbocycles. The molecule has 0 atom stereocenters. The van der Waals surface area contributed by atoms with Gasteiger partial charge in [0, 0.05) is 11.1 Å². The lowest BCUT2D eigenvalue weighted by atomic mass is 9.96. The third kappa shape index (κ3) is 4.05. The summed E-state index contributed by atoms with van der Waals surface area (Å²) in [5.74, 6) is 0.0335. The molecule has 0 heterocycles. The molecular weight excluding hydrogens is 460 g/mol. The number of ketones is 1. The molecule has 0 fully saturated rings. The number of hydrogen-bond acceptors (Lipinski definition) is 1. The summed E-state index contributed by atoms with van der Waals surface area (Å²) >= 11 is 0. The third-order valence-corrected chi connectivity index (χ3v) is 7.50. The van der Waals surface area contributed by atoms with Gasteiger partial charge in [0.25, 0.3) is 0 Å². The Bertz CT molecular complexity index is 1600. The second-order valence-corrected chi connectivity index (χ2v) is 9.79. The zero-order chi connectivity index (χ0) is 25.5. The van der Waals surface area contributed by atoms with Gasteiger partial charge in [0.1, 0.15) is 0 Å². The van der Waals surface area contributed by atoms with E-state index in [2.05, 4.69) is 97.1 Å². The molecule has 6 aromatic carbocycles. The van der Waals surface area contributed by atoms with E-state index in [-0.39, 0.29) is 5.78 Å². The Hall–Kier alpha value is -5.01. The fourth-order valence-electron chi connectivity index (χ4n) is 5.22. The summed E-state index contributed by atoms with van der Waals surface area (Å²) in [5, 5.41) is 0. The molecule has 178 valence electrons. The standard InChI is InChI=1S/C37H24O/c38-37-35-21-17-33(18-22-35)31-13-9-29(10-14-31)27-5-1-25(2-6-27)26-3-7-28(8-4-26)30-11-15-32(16-12-30)34-19-23-36(37)24-20-34/h1-24H. The van der Waals surface area contributed by atoms with Crippen molar-refractivity contribution in [3.8, 4) is 55.6 Å². The van der Waals surface area contributed by atoms with E-state index in [1.165, 1.54) is 33.4 Å². The van der Waals surface area contributed by atoms with Gasteiger partial charge in [-0.25, -0.2) is 0 Å². The molecule has 0 N–H and O–H groups in total. The molecular formula is C37H24O. The Morgan fingerprint density at radius 3 is 0.421 bits per heavy atom. The zero-order valence-electron chi connectivity index (χ0n) is 20.8. The van der Waals surface area contributed by atoms with Gasteiger partial charge in [-0.3, -0.25) is 4.79 Å². The summed E-state index contributed by atoms with van der Waals surface area (Å²) in [6.07, 6.45) is 0. The summed E-state index contributed by atoms with van der Waals surface area (Å²) < 4.78 is 0. The van der Waals surface area contributed by atoms with E-state index >= 15 is 0 Å². The van der Waals surface area contributed by atoms with Crippen LogP contribution in [0.15, 0.2) is 146 Å². The largest absolute Gasteiger partial charge is 0.289 e. The molecule has 0 saturated heterocycles. The van der Waals surface area contributed by atoms with Crippen LogP contribution in [0.25, 0.3) is 55.6 Å². The Labute approximate surface area is 222 Å². The molecule has 38 heavy (non-hydrogen) atoms. The molecule has 0 saturated carbocycles. The van der Waals surface area contributed by atoms with Gasteiger partial charge in [-0.1, -0.05) is 146 Å². The van der Waals surface area contributed by atoms with E-state index < -0.39 is 0 Å². The Morgan fingerprint density at radius 1 is 0.184 bits per heavy atom. The van der Waals surface area contributed by atoms with E-state index in [1.807, 2.05) is 48.5 Å². The van der Waals surface area contributed by atoms with Gasteiger partial charge in [-0.05, 0) is 55.6 Å². The minimum absolute atomic E-state index is 0.0335. The van der Waals surface area contributed by atoms with Gasteiger partial charge >= 0.3 is 0 Å². The van der Waals surface area contributed by atoms with Gasteiger partial charge < -0.3 is 0 Å². The first-order chi connectivity index (χ1) is 18.7. The SMILES string of the molecule is O=C1c2ccc(cc2)-c2ccc(cc2)-c2ccc(cc2)-c2ccc(cc2)-c2ccc(cc2)-c2ccc1cc2. The zero-order valence-corrected chi connectivity index (χ0v) is 20.8. The van der Waals surface area contributed by atoms with Crippen molar-refractivity contribution in [3.05, 3.63) is 157 Å². The molecule has 16 rings (SSSR count). The summed E-state index contributed by atoms with van der Waals surface area (Å²) in [4.78, 5) is 13.1. The summed E-state index contributed by atoms with van der Waals surface area (Å²) in [6, 6.07) is 50.5. The van der Waals surface area contributed by atoms with E-state index in [0.29, 0.717) is 11.1 Å². The molecule has 0 spiro atoms. The Balaban J connectivity index is 1.33. The maximum atomic E-state index is 13.1. The first-order valence-corrected chi connectivity index (χ1v) is 12.9. The highest BCUT2D eigenvalue weighted by molar-refractivity contribution is 6.09. The van der Waals surface area contributed by atoms with Crippen LogP contribution < -0.4 is 0 Å². The molecule has 0 radical (unpaired) electrons. The quantitative estimate of drug-likeness (QED) is 0.209. The predicted molar refractivity (Wildman–Crippen MR) is 157 cm³/mol. The van der Waals surface area contributed by atoms with Crippen molar-refractivity contribution in [2.75, 3.05) is 0 Å². The van der Waals surface area contributed by atoms with Crippen LogP contribution in [0.3, 0.4) is 0 Å². The maximum Gasteiger partial charge on any atom is 0.193 e. The summed E-state index contributed by atoms with van der Waals surface area (Å²) in [5.41, 5.74) is 13.0. The first kappa shape index (κ1) is 22.2. The number of carbonyl (C=O) groups is 1. The number of rotatable bonds is 0. The van der Waals surface area contributed by atoms with Crippen molar-refractivity contribution in [2.45, 2.75) is 0 Å². The molecule has 1 nitrogen and oxygen atoms in total. The molecule has 12 bridgehead atoms. The Kier molecular flexibility index (Phi) is 5.34. The molecule has 1 heteroatoms. The van der Waals surface area contributed by atoms with Crippen LogP contribution in [-0.2, 0) is 0 Å². The number of carbonyl (C=O) groups excluding carboxylic acids is 1. The van der Waals surface area contributed by atoms with Crippen LogP contribution in [0.5, 0.6) is 0 Å². The molecule has 0 amide bonds. The third-order valence-electron chi connectivity index (χ3n) is 7.50. The van der Waals surface area contributed by atoms with Crippen LogP contribution in [0.2, 0.25) is 0 Å². The van der Waals surface area contributed by atoms with Crippen molar-refractivity contribution >= 4 is 5.78 Å².